The summed E-state index contributed by atoms with van der Waals surface area (Å²) in [6.45, 7) is 5.00. The van der Waals surface area contributed by atoms with E-state index < -0.39 is 19.9 Å². The van der Waals surface area contributed by atoms with Crippen LogP contribution in [0.1, 0.15) is 129 Å². The van der Waals surface area contributed by atoms with E-state index >= 15 is 0 Å². The second-order valence-electron chi connectivity index (χ2n) is 14.6. The van der Waals surface area contributed by atoms with Gasteiger partial charge in [0.05, 0.1) is 40.8 Å². The number of carbonyl (C=O) groups is 1. The molecular weight excluding hydrogens is 709 g/mol. The van der Waals surface area contributed by atoms with Gasteiger partial charge in [0, 0.05) is 6.61 Å². The van der Waals surface area contributed by atoms with E-state index in [1.54, 1.807) is 6.08 Å². The lowest BCUT2D eigenvalue weighted by molar-refractivity contribution is -0.870. The van der Waals surface area contributed by atoms with Crippen LogP contribution in [-0.4, -0.2) is 70.7 Å². The van der Waals surface area contributed by atoms with Crippen LogP contribution in [0.15, 0.2) is 97.2 Å². The molecule has 0 saturated carbocycles. The fraction of sp³-hybridized carbons (Fsp3) is 0.630. The van der Waals surface area contributed by atoms with Crippen molar-refractivity contribution >= 4 is 13.8 Å². The molecule has 314 valence electrons. The molecule has 0 aromatic carbocycles. The largest absolute Gasteiger partial charge is 0.756 e. The highest BCUT2D eigenvalue weighted by Crippen LogP contribution is 2.38. The highest BCUT2D eigenvalue weighted by Gasteiger charge is 2.20. The Morgan fingerprint density at radius 2 is 1.00 bits per heavy atom. The molecule has 0 radical (unpaired) electrons. The molecule has 0 saturated heterocycles. The third-order valence-electron chi connectivity index (χ3n) is 8.16. The van der Waals surface area contributed by atoms with E-state index in [0.29, 0.717) is 24.1 Å². The molecule has 0 rings (SSSR count). The summed E-state index contributed by atoms with van der Waals surface area (Å²) in [6.07, 6.45) is 51.7. The highest BCUT2D eigenvalue weighted by atomic mass is 31.2. The number of hydrogen-bond donors (Lipinski definition) is 0. The molecule has 0 aliphatic carbocycles. The number of quaternary nitrogens is 1. The number of phosphoric ester groups is 1. The molecule has 0 aliphatic rings. The number of esters is 1. The van der Waals surface area contributed by atoms with E-state index in [-0.39, 0.29) is 26.2 Å². The van der Waals surface area contributed by atoms with Gasteiger partial charge in [0.1, 0.15) is 19.3 Å². The molecule has 0 aliphatic heterocycles. The van der Waals surface area contributed by atoms with Crippen LogP contribution in [0.2, 0.25) is 0 Å². The summed E-state index contributed by atoms with van der Waals surface area (Å²) in [6, 6.07) is 0. The molecule has 0 N–H and O–H groups in total. The number of unbranched alkanes of at least 4 members (excludes halogenated alkanes) is 8. The number of phosphoric acid groups is 1. The lowest BCUT2D eigenvalue weighted by atomic mass is 10.1. The third-order valence-corrected chi connectivity index (χ3v) is 9.13. The summed E-state index contributed by atoms with van der Waals surface area (Å²) in [5.74, 6) is -0.468. The van der Waals surface area contributed by atoms with E-state index in [4.69, 9.17) is 18.5 Å². The first-order valence-electron chi connectivity index (χ1n) is 21.0. The summed E-state index contributed by atoms with van der Waals surface area (Å²) in [5, 5.41) is 0. The molecule has 2 atom stereocenters. The Labute approximate surface area is 337 Å². The fourth-order valence-corrected chi connectivity index (χ4v) is 5.72. The first-order valence-corrected chi connectivity index (χ1v) is 22.4. The van der Waals surface area contributed by atoms with Gasteiger partial charge >= 0.3 is 5.97 Å². The third kappa shape index (κ3) is 42.4. The number of ether oxygens (including phenoxy) is 2. The normalized spacial score (nSPS) is 14.8. The van der Waals surface area contributed by atoms with Crippen LogP contribution in [0.3, 0.4) is 0 Å². The number of carbonyl (C=O) groups excluding carboxylic acids is 1. The van der Waals surface area contributed by atoms with Gasteiger partial charge in [-0.1, -0.05) is 150 Å². The maximum absolute atomic E-state index is 12.6. The second kappa shape index (κ2) is 38.3. The van der Waals surface area contributed by atoms with Crippen molar-refractivity contribution < 1.29 is 37.3 Å². The molecular formula is C46H78NO7P. The maximum atomic E-state index is 12.6. The summed E-state index contributed by atoms with van der Waals surface area (Å²) in [5.41, 5.74) is 0. The van der Waals surface area contributed by atoms with E-state index in [9.17, 15) is 14.3 Å². The average molecular weight is 788 g/mol. The van der Waals surface area contributed by atoms with Crippen LogP contribution in [0.5, 0.6) is 0 Å². The first-order chi connectivity index (χ1) is 26.6. The lowest BCUT2D eigenvalue weighted by Gasteiger charge is -2.28. The first kappa shape index (κ1) is 52.4. The summed E-state index contributed by atoms with van der Waals surface area (Å²) < 4.78 is 34.4. The van der Waals surface area contributed by atoms with Crippen molar-refractivity contribution in [1.29, 1.82) is 0 Å². The maximum Gasteiger partial charge on any atom is 0.310 e. The topological polar surface area (TPSA) is 94.1 Å². The van der Waals surface area contributed by atoms with Crippen molar-refractivity contribution in [2.45, 2.75) is 136 Å². The molecule has 0 heterocycles. The minimum absolute atomic E-state index is 0.00244. The number of hydrogen-bond acceptors (Lipinski definition) is 7. The zero-order valence-electron chi connectivity index (χ0n) is 35.3. The average Bonchev–Trinajstić information content (AvgIpc) is 3.13. The number of rotatable bonds is 37. The zero-order valence-corrected chi connectivity index (χ0v) is 36.2. The Morgan fingerprint density at radius 3 is 1.49 bits per heavy atom. The van der Waals surface area contributed by atoms with Crippen LogP contribution >= 0.6 is 7.82 Å². The van der Waals surface area contributed by atoms with Crippen LogP contribution in [0.4, 0.5) is 0 Å². The van der Waals surface area contributed by atoms with Crippen molar-refractivity contribution in [3.63, 3.8) is 0 Å². The monoisotopic (exact) mass is 788 g/mol. The predicted octanol–water partition coefficient (Wildman–Crippen LogP) is 11.6. The zero-order chi connectivity index (χ0) is 40.6. The van der Waals surface area contributed by atoms with Crippen LogP contribution < -0.4 is 4.89 Å². The molecule has 0 aromatic rings. The SMILES string of the molecule is CC/C=C\C/C=C\C/C=C\C/C=C\C/C=C\CC(=O)OC(COCCCCCCCCCC/C=C\C/C=C\C/C=C\CC)COP(=O)([O-])OCC[N+](C)(C)C. The fourth-order valence-electron chi connectivity index (χ4n) is 4.99. The van der Waals surface area contributed by atoms with E-state index in [1.807, 2.05) is 27.2 Å². The Hall–Kier alpha value is -2.58. The number of likely N-dealkylation sites (N-methyl/N-ethyl adjacent to an activating group) is 1. The van der Waals surface area contributed by atoms with Crippen LogP contribution in [0, 0.1) is 0 Å². The predicted molar refractivity (Wildman–Crippen MR) is 231 cm³/mol. The summed E-state index contributed by atoms with van der Waals surface area (Å²) >= 11 is 0. The van der Waals surface area contributed by atoms with Gasteiger partial charge < -0.3 is 27.9 Å². The standard InChI is InChI=1S/C46H78NO7P/c1-6-8-10-12-14-16-18-20-22-23-24-26-28-30-32-34-36-38-41-51-43-45(44-53-55(49,50)52-42-40-47(3,4)5)54-46(48)39-37-35-33-31-29-27-25-21-19-17-15-13-11-9-7-2/h8-11,14-17,20-22,25,29,31,35,37,45H,6-7,12-13,18-19,23-24,26-28,30,32-34,36,38-44H2,1-5H3/b10-8-,11-9-,16-14-,17-15-,22-20-,25-21-,31-29-,37-35-. The van der Waals surface area contributed by atoms with Gasteiger partial charge in [0.25, 0.3) is 7.82 Å². The van der Waals surface area contributed by atoms with Crippen LogP contribution in [0.25, 0.3) is 0 Å². The van der Waals surface area contributed by atoms with Crippen molar-refractivity contribution in [3.05, 3.63) is 97.2 Å². The lowest BCUT2D eigenvalue weighted by Crippen LogP contribution is -2.37. The van der Waals surface area contributed by atoms with Crippen LogP contribution in [-0.2, 0) is 27.9 Å². The Kier molecular flexibility index (Phi) is 36.5. The van der Waals surface area contributed by atoms with Crippen molar-refractivity contribution in [2.75, 3.05) is 54.1 Å². The number of allylic oxidation sites excluding steroid dienone is 15. The van der Waals surface area contributed by atoms with Gasteiger partial charge in [0.2, 0.25) is 0 Å². The van der Waals surface area contributed by atoms with Crippen molar-refractivity contribution in [1.82, 2.24) is 0 Å². The summed E-state index contributed by atoms with van der Waals surface area (Å²) in [4.78, 5) is 24.9. The van der Waals surface area contributed by atoms with Gasteiger partial charge in [-0.25, -0.2) is 0 Å². The molecule has 55 heavy (non-hydrogen) atoms. The van der Waals surface area contributed by atoms with E-state index in [2.05, 4.69) is 98.9 Å². The van der Waals surface area contributed by atoms with E-state index in [1.165, 1.54) is 32.1 Å². The molecule has 0 fully saturated rings. The Balaban J connectivity index is 4.41. The van der Waals surface area contributed by atoms with Gasteiger partial charge in [-0.3, -0.25) is 9.36 Å². The molecule has 0 aromatic heterocycles. The van der Waals surface area contributed by atoms with Crippen molar-refractivity contribution in [3.8, 4) is 0 Å². The second-order valence-corrected chi connectivity index (χ2v) is 16.0. The molecule has 8 nitrogen and oxygen atoms in total. The van der Waals surface area contributed by atoms with Gasteiger partial charge in [-0.15, -0.1) is 0 Å². The van der Waals surface area contributed by atoms with Gasteiger partial charge in [-0.2, -0.15) is 0 Å². The molecule has 0 amide bonds. The molecule has 9 heteroatoms. The summed E-state index contributed by atoms with van der Waals surface area (Å²) in [7, 11) is 1.28. The minimum atomic E-state index is -4.56. The number of nitrogens with zero attached hydrogens (tertiary/aromatic N) is 1. The minimum Gasteiger partial charge on any atom is -0.756 e. The Morgan fingerprint density at radius 1 is 0.564 bits per heavy atom. The quantitative estimate of drug-likeness (QED) is 0.0203. The van der Waals surface area contributed by atoms with Gasteiger partial charge in [0.15, 0.2) is 0 Å². The van der Waals surface area contributed by atoms with Crippen molar-refractivity contribution in [2.24, 2.45) is 0 Å². The van der Waals surface area contributed by atoms with Gasteiger partial charge in [-0.05, 0) is 70.6 Å². The van der Waals surface area contributed by atoms with E-state index in [0.717, 1.165) is 70.6 Å². The Bertz CT molecular complexity index is 1190. The molecule has 0 bridgehead atoms. The smallest absolute Gasteiger partial charge is 0.310 e. The highest BCUT2D eigenvalue weighted by molar-refractivity contribution is 7.45. The molecule has 0 spiro atoms. The molecule has 2 unspecified atom stereocenters.